The molecule has 0 aliphatic carbocycles. The molecule has 0 radical (unpaired) electrons. The molecule has 7 heteroatoms. The van der Waals surface area contributed by atoms with Crippen LogP contribution in [0.25, 0.3) is 0 Å². The van der Waals surface area contributed by atoms with Crippen molar-refractivity contribution in [3.8, 4) is 5.75 Å². The van der Waals surface area contributed by atoms with Crippen molar-refractivity contribution < 1.29 is 29.3 Å². The summed E-state index contributed by atoms with van der Waals surface area (Å²) >= 11 is 0. The van der Waals surface area contributed by atoms with Gasteiger partial charge in [-0.15, -0.1) is 0 Å². The summed E-state index contributed by atoms with van der Waals surface area (Å²) in [7, 11) is 1.40. The molecule has 1 atom stereocenters. The molecule has 1 aromatic carbocycles. The van der Waals surface area contributed by atoms with Gasteiger partial charge in [-0.05, 0) is 18.2 Å². The topological polar surface area (TPSA) is 104 Å². The molecule has 1 heterocycles. The number of hydrogen-bond acceptors (Lipinski definition) is 4. The third-order valence-corrected chi connectivity index (χ3v) is 3.19. The first-order valence-corrected chi connectivity index (χ1v) is 5.88. The molecule has 2 N–H and O–H groups in total. The van der Waals surface area contributed by atoms with Crippen LogP contribution in [-0.2, 0) is 9.59 Å². The quantitative estimate of drug-likeness (QED) is 0.846. The summed E-state index contributed by atoms with van der Waals surface area (Å²) in [5.41, 5.74) is 0.286. The van der Waals surface area contributed by atoms with Crippen LogP contribution in [0, 0.1) is 5.92 Å². The summed E-state index contributed by atoms with van der Waals surface area (Å²) in [6.45, 7) is 0.00754. The highest BCUT2D eigenvalue weighted by atomic mass is 16.5. The summed E-state index contributed by atoms with van der Waals surface area (Å²) < 4.78 is 5.10. The maximum absolute atomic E-state index is 11.9. The number of methoxy groups -OCH3 is 1. The number of carboxylic acid groups (broad SMARTS) is 2. The lowest BCUT2D eigenvalue weighted by molar-refractivity contribution is -0.141. The van der Waals surface area contributed by atoms with Crippen LogP contribution < -0.4 is 9.64 Å². The number of carbonyl (C=O) groups is 3. The third kappa shape index (κ3) is 2.42. The van der Waals surface area contributed by atoms with Gasteiger partial charge in [-0.2, -0.15) is 0 Å². The van der Waals surface area contributed by atoms with Crippen LogP contribution in [0.3, 0.4) is 0 Å². The SMILES string of the molecule is COc1ccc(C(=O)O)cc1N1C[C@H](C(=O)O)CC1=O. The lowest BCUT2D eigenvalue weighted by atomic mass is 10.1. The van der Waals surface area contributed by atoms with E-state index in [0.29, 0.717) is 5.75 Å². The molecule has 0 bridgehead atoms. The van der Waals surface area contributed by atoms with Crippen LogP contribution in [0.5, 0.6) is 5.75 Å². The Hall–Kier alpha value is -2.57. The lowest BCUT2D eigenvalue weighted by Crippen LogP contribution is -2.26. The highest BCUT2D eigenvalue weighted by molar-refractivity contribution is 6.01. The number of benzene rings is 1. The zero-order valence-electron chi connectivity index (χ0n) is 10.7. The maximum atomic E-state index is 11.9. The van der Waals surface area contributed by atoms with Gasteiger partial charge < -0.3 is 19.8 Å². The summed E-state index contributed by atoms with van der Waals surface area (Å²) in [6.07, 6.45) is -0.101. The van der Waals surface area contributed by atoms with E-state index in [-0.39, 0.29) is 30.1 Å². The highest BCUT2D eigenvalue weighted by Crippen LogP contribution is 2.34. The second-order valence-corrected chi connectivity index (χ2v) is 4.44. The second kappa shape index (κ2) is 5.20. The first-order chi connectivity index (χ1) is 9.43. The zero-order valence-corrected chi connectivity index (χ0v) is 10.7. The van der Waals surface area contributed by atoms with Crippen LogP contribution >= 0.6 is 0 Å². The number of carboxylic acids is 2. The average molecular weight is 279 g/mol. The molecule has 1 fully saturated rings. The molecular formula is C13H13NO6. The van der Waals surface area contributed by atoms with Crippen LogP contribution in [0.15, 0.2) is 18.2 Å². The van der Waals surface area contributed by atoms with Gasteiger partial charge in [0.05, 0.1) is 24.3 Å². The van der Waals surface area contributed by atoms with Gasteiger partial charge in [0.25, 0.3) is 0 Å². The van der Waals surface area contributed by atoms with Crippen molar-refractivity contribution in [2.75, 3.05) is 18.6 Å². The van der Waals surface area contributed by atoms with Crippen molar-refractivity contribution in [1.29, 1.82) is 0 Å². The number of nitrogens with zero attached hydrogens (tertiary/aromatic N) is 1. The molecule has 1 amide bonds. The lowest BCUT2D eigenvalue weighted by Gasteiger charge is -2.19. The smallest absolute Gasteiger partial charge is 0.335 e. The molecule has 1 aliphatic heterocycles. The third-order valence-electron chi connectivity index (χ3n) is 3.19. The van der Waals surface area contributed by atoms with E-state index in [0.717, 1.165) is 0 Å². The van der Waals surface area contributed by atoms with Crippen LogP contribution in [0.4, 0.5) is 5.69 Å². The van der Waals surface area contributed by atoms with Crippen molar-refractivity contribution in [3.05, 3.63) is 23.8 Å². The Morgan fingerprint density at radius 2 is 2.05 bits per heavy atom. The minimum Gasteiger partial charge on any atom is -0.495 e. The number of ether oxygens (including phenoxy) is 1. The fourth-order valence-corrected chi connectivity index (χ4v) is 2.14. The van der Waals surface area contributed by atoms with Crippen molar-refractivity contribution in [2.45, 2.75) is 6.42 Å². The fraction of sp³-hybridized carbons (Fsp3) is 0.308. The molecule has 7 nitrogen and oxygen atoms in total. The molecule has 0 aromatic heterocycles. The normalized spacial score (nSPS) is 18.1. The first-order valence-electron chi connectivity index (χ1n) is 5.88. The first kappa shape index (κ1) is 13.9. The van der Waals surface area contributed by atoms with Gasteiger partial charge in [0.15, 0.2) is 0 Å². The molecule has 0 saturated carbocycles. The minimum atomic E-state index is -1.13. The van der Waals surface area contributed by atoms with Crippen LogP contribution in [0.1, 0.15) is 16.8 Å². The fourth-order valence-electron chi connectivity index (χ4n) is 2.14. The number of rotatable bonds is 4. The Kier molecular flexibility index (Phi) is 3.60. The predicted molar refractivity (Wildman–Crippen MR) is 68.0 cm³/mol. The van der Waals surface area contributed by atoms with Gasteiger partial charge in [0, 0.05) is 13.0 Å². The molecule has 2 rings (SSSR count). The second-order valence-electron chi connectivity index (χ2n) is 4.44. The van der Waals surface area contributed by atoms with E-state index >= 15 is 0 Å². The number of anilines is 1. The summed E-state index contributed by atoms with van der Waals surface area (Å²) in [5, 5.41) is 17.9. The van der Waals surface area contributed by atoms with E-state index in [9.17, 15) is 14.4 Å². The van der Waals surface area contributed by atoms with Gasteiger partial charge in [-0.3, -0.25) is 9.59 Å². The Labute approximate surface area is 114 Å². The Morgan fingerprint density at radius 1 is 1.35 bits per heavy atom. The van der Waals surface area contributed by atoms with Gasteiger partial charge >= 0.3 is 11.9 Å². The average Bonchev–Trinajstić information content (AvgIpc) is 2.80. The molecule has 106 valence electrons. The number of hydrogen-bond donors (Lipinski definition) is 2. The predicted octanol–water partition coefficient (Wildman–Crippen LogP) is 0.831. The largest absolute Gasteiger partial charge is 0.495 e. The summed E-state index contributed by atoms with van der Waals surface area (Å²) in [5.74, 6) is -3.00. The molecule has 0 unspecified atom stereocenters. The van der Waals surface area contributed by atoms with Crippen molar-refractivity contribution in [2.24, 2.45) is 5.92 Å². The molecule has 20 heavy (non-hydrogen) atoms. The van der Waals surface area contributed by atoms with E-state index in [1.54, 1.807) is 0 Å². The van der Waals surface area contributed by atoms with E-state index in [1.165, 1.54) is 30.2 Å². The molecule has 1 aliphatic rings. The minimum absolute atomic E-state index is 0.00683. The van der Waals surface area contributed by atoms with Crippen molar-refractivity contribution >= 4 is 23.5 Å². The number of amides is 1. The van der Waals surface area contributed by atoms with Gasteiger partial charge in [-0.25, -0.2) is 4.79 Å². The van der Waals surface area contributed by atoms with Crippen molar-refractivity contribution in [1.82, 2.24) is 0 Å². The van der Waals surface area contributed by atoms with E-state index < -0.39 is 17.9 Å². The van der Waals surface area contributed by atoms with E-state index in [1.807, 2.05) is 0 Å². The number of aliphatic carboxylic acids is 1. The standard InChI is InChI=1S/C13H13NO6/c1-20-10-3-2-7(12(16)17)4-9(10)14-6-8(13(18)19)5-11(14)15/h2-4,8H,5-6H2,1H3,(H,16,17)(H,18,19)/t8-/m1/s1. The number of carbonyl (C=O) groups excluding carboxylic acids is 1. The highest BCUT2D eigenvalue weighted by Gasteiger charge is 2.36. The number of aromatic carboxylic acids is 1. The van der Waals surface area contributed by atoms with Gasteiger partial charge in [-0.1, -0.05) is 0 Å². The van der Waals surface area contributed by atoms with Gasteiger partial charge in [0.1, 0.15) is 5.75 Å². The summed E-state index contributed by atoms with van der Waals surface area (Å²) in [6, 6.07) is 4.11. The monoisotopic (exact) mass is 279 g/mol. The van der Waals surface area contributed by atoms with Gasteiger partial charge in [0.2, 0.25) is 5.91 Å². The Balaban J connectivity index is 2.40. The Bertz CT molecular complexity index is 582. The molecule has 1 saturated heterocycles. The molecular weight excluding hydrogens is 266 g/mol. The van der Waals surface area contributed by atoms with E-state index in [4.69, 9.17) is 14.9 Å². The molecule has 1 aromatic rings. The maximum Gasteiger partial charge on any atom is 0.335 e. The van der Waals surface area contributed by atoms with Crippen molar-refractivity contribution in [3.63, 3.8) is 0 Å². The molecule has 0 spiro atoms. The summed E-state index contributed by atoms with van der Waals surface area (Å²) in [4.78, 5) is 35.1. The van der Waals surface area contributed by atoms with Crippen LogP contribution in [-0.4, -0.2) is 41.7 Å². The van der Waals surface area contributed by atoms with Crippen LogP contribution in [0.2, 0.25) is 0 Å². The Morgan fingerprint density at radius 3 is 2.55 bits per heavy atom. The zero-order chi connectivity index (χ0) is 14.9. The van der Waals surface area contributed by atoms with E-state index in [2.05, 4.69) is 0 Å².